The van der Waals surface area contributed by atoms with Gasteiger partial charge in [0.1, 0.15) is 0 Å². The highest BCUT2D eigenvalue weighted by Crippen LogP contribution is 2.06. The number of alkyl halides is 1. The van der Waals surface area contributed by atoms with E-state index < -0.39 is 11.8 Å². The van der Waals surface area contributed by atoms with Crippen molar-refractivity contribution in [3.05, 3.63) is 0 Å². The Bertz CT molecular complexity index is 168. The van der Waals surface area contributed by atoms with Gasteiger partial charge in [-0.15, -0.1) is 0 Å². The molecule has 3 nitrogen and oxygen atoms in total. The maximum absolute atomic E-state index is 10.6. The van der Waals surface area contributed by atoms with Gasteiger partial charge in [-0.25, -0.2) is 4.79 Å². The van der Waals surface area contributed by atoms with Gasteiger partial charge < -0.3 is 5.11 Å². The SMILES string of the molecule is O=C(O)C(=O)CCCCCCCBr. The molecule has 76 valence electrons. The molecule has 13 heavy (non-hydrogen) atoms. The minimum atomic E-state index is -1.31. The van der Waals surface area contributed by atoms with Crippen LogP contribution >= 0.6 is 15.9 Å². The number of hydrogen-bond acceptors (Lipinski definition) is 2. The number of halogens is 1. The van der Waals surface area contributed by atoms with Crippen LogP contribution in [0.2, 0.25) is 0 Å². The maximum Gasteiger partial charge on any atom is 0.372 e. The average molecular weight is 251 g/mol. The summed E-state index contributed by atoms with van der Waals surface area (Å²) in [4.78, 5) is 20.7. The van der Waals surface area contributed by atoms with Crippen molar-refractivity contribution in [1.82, 2.24) is 0 Å². The van der Waals surface area contributed by atoms with Crippen LogP contribution in [0.15, 0.2) is 0 Å². The highest BCUT2D eigenvalue weighted by molar-refractivity contribution is 9.09. The van der Waals surface area contributed by atoms with Gasteiger partial charge in [-0.3, -0.25) is 4.79 Å². The smallest absolute Gasteiger partial charge is 0.372 e. The minimum Gasteiger partial charge on any atom is -0.476 e. The number of Topliss-reactive ketones (excluding diaryl/α,β-unsaturated/α-hetero) is 1. The highest BCUT2D eigenvalue weighted by atomic mass is 79.9. The summed E-state index contributed by atoms with van der Waals surface area (Å²) in [5.41, 5.74) is 0. The molecule has 0 radical (unpaired) electrons. The Morgan fingerprint density at radius 3 is 2.08 bits per heavy atom. The number of carboxylic acids is 1. The largest absolute Gasteiger partial charge is 0.476 e. The van der Waals surface area contributed by atoms with Crippen molar-refractivity contribution in [2.24, 2.45) is 0 Å². The first-order valence-electron chi connectivity index (χ1n) is 4.50. The van der Waals surface area contributed by atoms with Crippen LogP contribution in [-0.4, -0.2) is 22.2 Å². The van der Waals surface area contributed by atoms with Gasteiger partial charge >= 0.3 is 5.97 Å². The van der Waals surface area contributed by atoms with Gasteiger partial charge in [0.05, 0.1) is 0 Å². The second-order valence-corrected chi connectivity index (χ2v) is 3.73. The number of rotatable bonds is 8. The monoisotopic (exact) mass is 250 g/mol. The lowest BCUT2D eigenvalue weighted by molar-refractivity contribution is -0.149. The van der Waals surface area contributed by atoms with Crippen molar-refractivity contribution < 1.29 is 14.7 Å². The van der Waals surface area contributed by atoms with E-state index in [0.717, 1.165) is 31.0 Å². The molecule has 0 saturated heterocycles. The average Bonchev–Trinajstić information content (AvgIpc) is 2.10. The second kappa shape index (κ2) is 8.23. The van der Waals surface area contributed by atoms with Crippen molar-refractivity contribution >= 4 is 27.7 Å². The Labute approximate surface area is 86.6 Å². The molecule has 0 atom stereocenters. The van der Waals surface area contributed by atoms with Crippen LogP contribution in [0.3, 0.4) is 0 Å². The summed E-state index contributed by atoms with van der Waals surface area (Å²) in [7, 11) is 0. The van der Waals surface area contributed by atoms with E-state index in [9.17, 15) is 9.59 Å². The zero-order valence-electron chi connectivity index (χ0n) is 7.59. The summed E-state index contributed by atoms with van der Waals surface area (Å²) >= 11 is 3.33. The Kier molecular flexibility index (Phi) is 7.99. The van der Waals surface area contributed by atoms with Gasteiger partial charge in [0, 0.05) is 11.8 Å². The van der Waals surface area contributed by atoms with E-state index in [1.165, 1.54) is 0 Å². The molecule has 0 aliphatic carbocycles. The van der Waals surface area contributed by atoms with Gasteiger partial charge in [0.2, 0.25) is 5.78 Å². The fourth-order valence-electron chi connectivity index (χ4n) is 1.02. The quantitative estimate of drug-likeness (QED) is 0.409. The van der Waals surface area contributed by atoms with E-state index >= 15 is 0 Å². The molecule has 0 amide bonds. The standard InChI is InChI=1S/C9H15BrO3/c10-7-5-3-1-2-4-6-8(11)9(12)13/h1-7H2,(H,12,13). The van der Waals surface area contributed by atoms with E-state index in [2.05, 4.69) is 15.9 Å². The van der Waals surface area contributed by atoms with Crippen LogP contribution < -0.4 is 0 Å². The predicted molar refractivity (Wildman–Crippen MR) is 54.1 cm³/mol. The van der Waals surface area contributed by atoms with Crippen molar-refractivity contribution in [2.45, 2.75) is 38.5 Å². The number of aliphatic carboxylic acids is 1. The summed E-state index contributed by atoms with van der Waals surface area (Å²) in [6.45, 7) is 0. The van der Waals surface area contributed by atoms with E-state index in [4.69, 9.17) is 5.11 Å². The van der Waals surface area contributed by atoms with E-state index in [1.54, 1.807) is 0 Å². The summed E-state index contributed by atoms with van der Waals surface area (Å²) in [5, 5.41) is 9.28. The summed E-state index contributed by atoms with van der Waals surface area (Å²) in [5.74, 6) is -1.97. The summed E-state index contributed by atoms with van der Waals surface area (Å²) < 4.78 is 0. The molecule has 0 unspecified atom stereocenters. The molecule has 0 bridgehead atoms. The maximum atomic E-state index is 10.6. The van der Waals surface area contributed by atoms with Gasteiger partial charge in [0.15, 0.2) is 0 Å². The summed E-state index contributed by atoms with van der Waals surface area (Å²) in [6.07, 6.45) is 5.21. The van der Waals surface area contributed by atoms with Crippen LogP contribution in [0.5, 0.6) is 0 Å². The van der Waals surface area contributed by atoms with Gasteiger partial charge in [-0.2, -0.15) is 0 Å². The lowest BCUT2D eigenvalue weighted by Crippen LogP contribution is -2.11. The molecule has 1 N–H and O–H groups in total. The van der Waals surface area contributed by atoms with Gasteiger partial charge in [0.25, 0.3) is 0 Å². The Balaban J connectivity index is 3.16. The zero-order chi connectivity index (χ0) is 10.1. The van der Waals surface area contributed by atoms with Crippen molar-refractivity contribution in [1.29, 1.82) is 0 Å². The first-order valence-corrected chi connectivity index (χ1v) is 5.62. The van der Waals surface area contributed by atoms with Crippen molar-refractivity contribution in [3.8, 4) is 0 Å². The fourth-order valence-corrected chi connectivity index (χ4v) is 1.41. The number of ketones is 1. The third kappa shape index (κ3) is 7.96. The normalized spacial score (nSPS) is 9.92. The fraction of sp³-hybridized carbons (Fsp3) is 0.778. The predicted octanol–water partition coefficient (Wildman–Crippen LogP) is 2.38. The van der Waals surface area contributed by atoms with E-state index in [-0.39, 0.29) is 6.42 Å². The molecule has 0 heterocycles. The van der Waals surface area contributed by atoms with Crippen molar-refractivity contribution in [2.75, 3.05) is 5.33 Å². The van der Waals surface area contributed by atoms with Crippen molar-refractivity contribution in [3.63, 3.8) is 0 Å². The third-order valence-corrected chi connectivity index (χ3v) is 2.34. The van der Waals surface area contributed by atoms with Gasteiger partial charge in [-0.05, 0) is 12.8 Å². The lowest BCUT2D eigenvalue weighted by Gasteiger charge is -1.97. The van der Waals surface area contributed by atoms with Crippen LogP contribution in [0.25, 0.3) is 0 Å². The lowest BCUT2D eigenvalue weighted by atomic mass is 10.1. The first-order chi connectivity index (χ1) is 6.18. The third-order valence-electron chi connectivity index (χ3n) is 1.78. The van der Waals surface area contributed by atoms with Gasteiger partial charge in [-0.1, -0.05) is 35.2 Å². The number of carbonyl (C=O) groups is 2. The molecule has 0 saturated carbocycles. The Morgan fingerprint density at radius 2 is 1.54 bits per heavy atom. The highest BCUT2D eigenvalue weighted by Gasteiger charge is 2.09. The summed E-state index contributed by atoms with van der Waals surface area (Å²) in [6, 6.07) is 0. The first kappa shape index (κ1) is 12.6. The zero-order valence-corrected chi connectivity index (χ0v) is 9.18. The Hall–Kier alpha value is -0.380. The molecule has 0 rings (SSSR count). The molecule has 0 spiro atoms. The molecular weight excluding hydrogens is 236 g/mol. The molecule has 0 aliphatic rings. The van der Waals surface area contributed by atoms with Crippen LogP contribution in [0.4, 0.5) is 0 Å². The number of hydrogen-bond donors (Lipinski definition) is 1. The minimum absolute atomic E-state index is 0.184. The molecule has 0 aromatic carbocycles. The molecular formula is C9H15BrO3. The molecule has 0 aliphatic heterocycles. The number of carbonyl (C=O) groups excluding carboxylic acids is 1. The molecule has 0 fully saturated rings. The molecule has 0 aromatic heterocycles. The van der Waals surface area contributed by atoms with Crippen LogP contribution in [-0.2, 0) is 9.59 Å². The second-order valence-electron chi connectivity index (χ2n) is 2.94. The number of carboxylic acid groups (broad SMARTS) is 1. The number of unbranched alkanes of at least 4 members (excludes halogenated alkanes) is 4. The van der Waals surface area contributed by atoms with E-state index in [0.29, 0.717) is 6.42 Å². The molecule has 4 heteroatoms. The van der Waals surface area contributed by atoms with E-state index in [1.807, 2.05) is 0 Å². The Morgan fingerprint density at radius 1 is 1.00 bits per heavy atom. The van der Waals surface area contributed by atoms with Crippen LogP contribution in [0, 0.1) is 0 Å². The molecule has 0 aromatic rings. The van der Waals surface area contributed by atoms with Crippen LogP contribution in [0.1, 0.15) is 38.5 Å². The topological polar surface area (TPSA) is 54.4 Å².